The quantitative estimate of drug-likeness (QED) is 0.569. The lowest BCUT2D eigenvalue weighted by Gasteiger charge is -2.76. The molecule has 1 saturated heterocycles. The first-order chi connectivity index (χ1) is 8.49. The summed E-state index contributed by atoms with van der Waals surface area (Å²) in [7, 11) is -0.0227. The van der Waals surface area contributed by atoms with Crippen molar-refractivity contribution in [3.05, 3.63) is 0 Å². The molecule has 2 bridgehead atoms. The van der Waals surface area contributed by atoms with Crippen molar-refractivity contribution in [2.45, 2.75) is 77.3 Å². The molecule has 0 aromatic carbocycles. The summed E-state index contributed by atoms with van der Waals surface area (Å²) in [6, 6.07) is 0. The largest absolute Gasteiger partial charge is 0.464 e. The molecule has 0 atom stereocenters. The molecule has 4 rings (SSSR count). The lowest BCUT2D eigenvalue weighted by atomic mass is 9.20. The second-order valence-electron chi connectivity index (χ2n) is 8.78. The maximum absolute atomic E-state index is 6.24. The van der Waals surface area contributed by atoms with Crippen molar-refractivity contribution in [1.82, 2.24) is 0 Å². The van der Waals surface area contributed by atoms with Gasteiger partial charge in [-0.05, 0) is 57.8 Å². The molecule has 0 N–H and O–H groups in total. The summed E-state index contributed by atoms with van der Waals surface area (Å²) < 4.78 is 12.5. The predicted molar refractivity (Wildman–Crippen MR) is 79.6 cm³/mol. The standard InChI is InChI=1S/C15H26BClO2/c1-11(2,10-17)14-7-15(8-14,9-14)16-18-12(3,4)13(5,6)19-16/h7-10H2,1-6H3. The fourth-order valence-electron chi connectivity index (χ4n) is 4.07. The minimum Gasteiger partial charge on any atom is -0.403 e. The van der Waals surface area contributed by atoms with E-state index in [2.05, 4.69) is 41.5 Å². The highest BCUT2D eigenvalue weighted by Gasteiger charge is 2.79. The first-order valence-corrected chi connectivity index (χ1v) is 7.94. The monoisotopic (exact) mass is 284 g/mol. The fraction of sp³-hybridized carbons (Fsp3) is 1.00. The van der Waals surface area contributed by atoms with Crippen LogP contribution in [0.15, 0.2) is 0 Å². The van der Waals surface area contributed by atoms with Gasteiger partial charge in [-0.1, -0.05) is 13.8 Å². The Morgan fingerprint density at radius 3 is 1.79 bits per heavy atom. The zero-order valence-corrected chi connectivity index (χ0v) is 13.9. The topological polar surface area (TPSA) is 18.5 Å². The van der Waals surface area contributed by atoms with Gasteiger partial charge < -0.3 is 9.31 Å². The van der Waals surface area contributed by atoms with E-state index in [1.807, 2.05) is 0 Å². The van der Waals surface area contributed by atoms with Gasteiger partial charge in [0, 0.05) is 11.2 Å². The van der Waals surface area contributed by atoms with Crippen molar-refractivity contribution in [1.29, 1.82) is 0 Å². The molecule has 1 heterocycles. The molecule has 4 aliphatic rings. The van der Waals surface area contributed by atoms with E-state index in [0.717, 1.165) is 5.88 Å². The Hall–Kier alpha value is 0.275. The van der Waals surface area contributed by atoms with Crippen molar-refractivity contribution in [2.75, 3.05) is 5.88 Å². The van der Waals surface area contributed by atoms with Gasteiger partial charge in [-0.25, -0.2) is 0 Å². The van der Waals surface area contributed by atoms with Crippen LogP contribution < -0.4 is 0 Å². The summed E-state index contributed by atoms with van der Waals surface area (Å²) in [4.78, 5) is 0. The summed E-state index contributed by atoms with van der Waals surface area (Å²) >= 11 is 6.15. The molecule has 0 amide bonds. The summed E-state index contributed by atoms with van der Waals surface area (Å²) in [6.07, 6.45) is 3.66. The third-order valence-corrected chi connectivity index (χ3v) is 7.26. The first-order valence-electron chi connectivity index (χ1n) is 7.41. The Balaban J connectivity index is 1.71. The Bertz CT molecular complexity index is 381. The molecule has 2 nitrogen and oxygen atoms in total. The molecule has 108 valence electrons. The minimum absolute atomic E-state index is 0.0227. The van der Waals surface area contributed by atoms with Gasteiger partial charge in [0.2, 0.25) is 0 Å². The lowest BCUT2D eigenvalue weighted by molar-refractivity contribution is -0.180. The average molecular weight is 285 g/mol. The molecule has 1 aliphatic heterocycles. The molecule has 0 aromatic rings. The van der Waals surface area contributed by atoms with Crippen LogP contribution in [0.2, 0.25) is 5.31 Å². The van der Waals surface area contributed by atoms with Crippen molar-refractivity contribution in [3.8, 4) is 0 Å². The molecule has 3 aliphatic carbocycles. The highest BCUT2D eigenvalue weighted by Crippen LogP contribution is 2.85. The van der Waals surface area contributed by atoms with Crippen molar-refractivity contribution >= 4 is 18.7 Å². The van der Waals surface area contributed by atoms with Crippen LogP contribution in [0.3, 0.4) is 0 Å². The van der Waals surface area contributed by atoms with Gasteiger partial charge in [0.05, 0.1) is 11.2 Å². The summed E-state index contributed by atoms with van der Waals surface area (Å²) in [5.41, 5.74) is 0.267. The Morgan fingerprint density at radius 1 is 1.00 bits per heavy atom. The zero-order chi connectivity index (χ0) is 14.3. The van der Waals surface area contributed by atoms with Crippen LogP contribution >= 0.6 is 11.6 Å². The van der Waals surface area contributed by atoms with Crippen LogP contribution in [0, 0.1) is 10.8 Å². The van der Waals surface area contributed by atoms with E-state index in [9.17, 15) is 0 Å². The normalized spacial score (nSPS) is 42.8. The van der Waals surface area contributed by atoms with E-state index in [1.54, 1.807) is 0 Å². The van der Waals surface area contributed by atoms with Gasteiger partial charge >= 0.3 is 7.12 Å². The smallest absolute Gasteiger partial charge is 0.403 e. The van der Waals surface area contributed by atoms with Crippen LogP contribution in [0.5, 0.6) is 0 Å². The average Bonchev–Trinajstić information content (AvgIpc) is 2.30. The van der Waals surface area contributed by atoms with E-state index in [1.165, 1.54) is 19.3 Å². The molecule has 0 unspecified atom stereocenters. The molecule has 4 fully saturated rings. The van der Waals surface area contributed by atoms with Crippen molar-refractivity contribution in [3.63, 3.8) is 0 Å². The minimum atomic E-state index is -0.206. The van der Waals surface area contributed by atoms with Gasteiger partial charge in [-0.3, -0.25) is 0 Å². The third kappa shape index (κ3) is 1.58. The third-order valence-electron chi connectivity index (χ3n) is 6.59. The first kappa shape index (κ1) is 14.2. The van der Waals surface area contributed by atoms with Crippen LogP contribution in [0.1, 0.15) is 60.8 Å². The van der Waals surface area contributed by atoms with Crippen LogP contribution in [-0.2, 0) is 9.31 Å². The number of hydrogen-bond acceptors (Lipinski definition) is 2. The Labute approximate surface area is 122 Å². The molecule has 19 heavy (non-hydrogen) atoms. The highest BCUT2D eigenvalue weighted by molar-refractivity contribution is 6.51. The van der Waals surface area contributed by atoms with E-state index >= 15 is 0 Å². The van der Waals surface area contributed by atoms with Crippen molar-refractivity contribution < 1.29 is 9.31 Å². The lowest BCUT2D eigenvalue weighted by Crippen LogP contribution is -2.69. The predicted octanol–water partition coefficient (Wildman–Crippen LogP) is 4.27. The van der Waals surface area contributed by atoms with Gasteiger partial charge in [0.25, 0.3) is 0 Å². The van der Waals surface area contributed by atoms with Crippen LogP contribution in [0.4, 0.5) is 0 Å². The van der Waals surface area contributed by atoms with Gasteiger partial charge in [-0.15, -0.1) is 11.6 Å². The van der Waals surface area contributed by atoms with E-state index in [-0.39, 0.29) is 29.0 Å². The van der Waals surface area contributed by atoms with Crippen molar-refractivity contribution in [2.24, 2.45) is 10.8 Å². The summed E-state index contributed by atoms with van der Waals surface area (Å²) in [6.45, 7) is 13.1. The van der Waals surface area contributed by atoms with E-state index in [4.69, 9.17) is 20.9 Å². The molecule has 0 aromatic heterocycles. The zero-order valence-electron chi connectivity index (χ0n) is 13.1. The summed E-state index contributed by atoms with van der Waals surface area (Å²) in [5.74, 6) is 0.743. The molecular weight excluding hydrogens is 258 g/mol. The maximum atomic E-state index is 6.24. The van der Waals surface area contributed by atoms with Gasteiger partial charge in [0.1, 0.15) is 0 Å². The number of alkyl halides is 1. The number of rotatable bonds is 3. The number of halogens is 1. The van der Waals surface area contributed by atoms with E-state index in [0.29, 0.717) is 5.41 Å². The Kier molecular flexibility index (Phi) is 2.65. The molecule has 0 spiro atoms. The molecule has 3 saturated carbocycles. The van der Waals surface area contributed by atoms with Gasteiger partial charge in [0.15, 0.2) is 0 Å². The molecule has 0 radical (unpaired) electrons. The van der Waals surface area contributed by atoms with E-state index < -0.39 is 0 Å². The number of hydrogen-bond donors (Lipinski definition) is 0. The Morgan fingerprint density at radius 2 is 1.42 bits per heavy atom. The molecular formula is C15H26BClO2. The summed E-state index contributed by atoms with van der Waals surface area (Å²) in [5, 5.41) is 0.272. The van der Waals surface area contributed by atoms with Crippen LogP contribution in [0.25, 0.3) is 0 Å². The SMILES string of the molecule is CC(C)(CCl)C12CC(B3OC(C)(C)C(C)(C)O3)(C1)C2. The van der Waals surface area contributed by atoms with Gasteiger partial charge in [-0.2, -0.15) is 0 Å². The highest BCUT2D eigenvalue weighted by atomic mass is 35.5. The second-order valence-corrected chi connectivity index (χ2v) is 9.05. The molecule has 4 heteroatoms. The van der Waals surface area contributed by atoms with Crippen LogP contribution in [-0.4, -0.2) is 24.2 Å². The fourth-order valence-corrected chi connectivity index (χ4v) is 4.35. The maximum Gasteiger partial charge on any atom is 0.464 e. The second kappa shape index (κ2) is 3.54.